The smallest absolute Gasteiger partial charge is 0.272 e. The quantitative estimate of drug-likeness (QED) is 0.288. The molecule has 194 valence electrons. The lowest BCUT2D eigenvalue weighted by molar-refractivity contribution is -0.135. The molecule has 0 saturated carbocycles. The van der Waals surface area contributed by atoms with Crippen molar-refractivity contribution in [2.75, 3.05) is 24.0 Å². The van der Waals surface area contributed by atoms with Crippen LogP contribution in [0.4, 0.5) is 14.5 Å². The first-order chi connectivity index (χ1) is 17.2. The summed E-state index contributed by atoms with van der Waals surface area (Å²) in [6.45, 7) is 8.99. The van der Waals surface area contributed by atoms with Gasteiger partial charge in [-0.2, -0.15) is 5.10 Å². The fourth-order valence-electron chi connectivity index (χ4n) is 4.16. The van der Waals surface area contributed by atoms with Gasteiger partial charge in [0.25, 0.3) is 6.43 Å². The molecule has 3 unspecified atom stereocenters. The van der Waals surface area contributed by atoms with E-state index in [1.54, 1.807) is 23.4 Å². The maximum Gasteiger partial charge on any atom is 0.272 e. The van der Waals surface area contributed by atoms with E-state index in [1.165, 1.54) is 6.20 Å². The predicted octanol–water partition coefficient (Wildman–Crippen LogP) is 3.25. The normalized spacial score (nSPS) is 19.7. The third kappa shape index (κ3) is 6.91. The third-order valence-corrected chi connectivity index (χ3v) is 7.04. The number of rotatable bonds is 9. The second-order valence-electron chi connectivity index (χ2n) is 8.36. The summed E-state index contributed by atoms with van der Waals surface area (Å²) in [5, 5.41) is 7.03. The van der Waals surface area contributed by atoms with Crippen LogP contribution in [0.1, 0.15) is 32.0 Å². The number of amides is 1. The van der Waals surface area contributed by atoms with Crippen molar-refractivity contribution in [2.24, 2.45) is 10.2 Å². The van der Waals surface area contributed by atoms with Crippen molar-refractivity contribution in [1.29, 1.82) is 0 Å². The number of ether oxygens (including phenoxy) is 1. The van der Waals surface area contributed by atoms with Gasteiger partial charge in [-0.05, 0) is 38.1 Å². The van der Waals surface area contributed by atoms with Gasteiger partial charge in [0.05, 0.1) is 23.5 Å². The van der Waals surface area contributed by atoms with E-state index in [9.17, 15) is 17.8 Å². The zero-order chi connectivity index (χ0) is 26.2. The van der Waals surface area contributed by atoms with E-state index in [1.807, 2.05) is 53.4 Å². The van der Waals surface area contributed by atoms with Crippen LogP contribution in [0.2, 0.25) is 0 Å². The number of alkyl halides is 2. The third-order valence-electron chi connectivity index (χ3n) is 5.59. The van der Waals surface area contributed by atoms with E-state index in [-0.39, 0.29) is 30.4 Å². The predicted molar refractivity (Wildman–Crippen MR) is 136 cm³/mol. The first-order valence-corrected chi connectivity index (χ1v) is 12.5. The molecule has 3 atom stereocenters. The Morgan fingerprint density at radius 2 is 1.89 bits per heavy atom. The van der Waals surface area contributed by atoms with Gasteiger partial charge in [0, 0.05) is 45.0 Å². The molecule has 36 heavy (non-hydrogen) atoms. The molecule has 0 aliphatic carbocycles. The van der Waals surface area contributed by atoms with E-state index < -0.39 is 24.2 Å². The van der Waals surface area contributed by atoms with Gasteiger partial charge in [0.15, 0.2) is 17.8 Å². The van der Waals surface area contributed by atoms with Gasteiger partial charge >= 0.3 is 0 Å². The largest absolute Gasteiger partial charge is 0.470 e. The van der Waals surface area contributed by atoms with Gasteiger partial charge in [-0.15, -0.1) is 5.10 Å². The number of nitrogens with zero attached hydrogens (tertiary/aromatic N) is 6. The molecule has 1 fully saturated rings. The summed E-state index contributed by atoms with van der Waals surface area (Å²) in [5.74, 6) is -0.115. The maximum absolute atomic E-state index is 13.8. The molecule has 1 aromatic heterocycles. The van der Waals surface area contributed by atoms with E-state index in [0.29, 0.717) is 24.3 Å². The number of anilines is 1. The van der Waals surface area contributed by atoms with E-state index in [4.69, 9.17) is 4.74 Å². The molecule has 0 spiro atoms. The lowest BCUT2D eigenvalue weighted by atomic mass is 10.1. The molecule has 3 rings (SSSR count). The van der Waals surface area contributed by atoms with Gasteiger partial charge < -0.3 is 9.64 Å². The van der Waals surface area contributed by atoms with Crippen LogP contribution in [-0.4, -0.2) is 75.1 Å². The minimum atomic E-state index is -2.66. The Bertz CT molecular complexity index is 1080. The minimum absolute atomic E-state index is 0.00303. The number of piperazine rings is 1. The molecule has 0 bridgehead atoms. The van der Waals surface area contributed by atoms with Gasteiger partial charge in [0.2, 0.25) is 11.8 Å². The molecule has 12 heteroatoms. The summed E-state index contributed by atoms with van der Waals surface area (Å²) in [6, 6.07) is 12.5. The van der Waals surface area contributed by atoms with Crippen molar-refractivity contribution >= 4 is 35.4 Å². The Morgan fingerprint density at radius 3 is 2.42 bits per heavy atom. The fourth-order valence-corrected chi connectivity index (χ4v) is 5.67. The Balaban J connectivity index is 1.82. The first-order valence-electron chi connectivity index (χ1n) is 11.4. The Labute approximate surface area is 212 Å². The van der Waals surface area contributed by atoms with Crippen molar-refractivity contribution in [3.05, 3.63) is 59.9 Å². The van der Waals surface area contributed by atoms with Crippen LogP contribution in [0.5, 0.6) is 0 Å². The zero-order valence-corrected chi connectivity index (χ0v) is 21.3. The number of hydrogen-bond acceptors (Lipinski definition) is 6. The molecule has 0 N–H and O–H groups in total. The molecule has 1 amide bonds. The molecule has 2 heterocycles. The molecule has 2 aromatic rings. The molecule has 9 nitrogen and oxygen atoms in total. The number of halogens is 2. The molecule has 1 aromatic carbocycles. The second-order valence-corrected chi connectivity index (χ2v) is 9.78. The summed E-state index contributed by atoms with van der Waals surface area (Å²) in [4.78, 5) is 18.3. The molecule has 1 aliphatic rings. The van der Waals surface area contributed by atoms with Crippen LogP contribution in [0.25, 0.3) is 0 Å². The molecular formula is C24H30F2N6O3S. The Kier molecular flexibility index (Phi) is 9.59. The first kappa shape index (κ1) is 27.3. The van der Waals surface area contributed by atoms with Gasteiger partial charge in [-0.3, -0.25) is 14.1 Å². The van der Waals surface area contributed by atoms with Crippen LogP contribution in [-0.2, 0) is 27.2 Å². The van der Waals surface area contributed by atoms with Crippen LogP contribution in [0.3, 0.4) is 0 Å². The summed E-state index contributed by atoms with van der Waals surface area (Å²) >= 11 is -1.56. The number of pyridine rings is 1. The molecule has 1 aliphatic heterocycles. The summed E-state index contributed by atoms with van der Waals surface area (Å²) < 4.78 is 47.5. The highest BCUT2D eigenvalue weighted by molar-refractivity contribution is 7.84. The number of aromatic nitrogens is 1. The Hall–Kier alpha value is -3.25. The van der Waals surface area contributed by atoms with E-state index in [2.05, 4.69) is 21.9 Å². The molecule has 1 saturated heterocycles. The van der Waals surface area contributed by atoms with Crippen molar-refractivity contribution in [3.63, 3.8) is 0 Å². The topological polar surface area (TPSA) is 90.7 Å². The average Bonchev–Trinajstić information content (AvgIpc) is 2.85. The van der Waals surface area contributed by atoms with Crippen molar-refractivity contribution in [1.82, 2.24) is 14.2 Å². The maximum atomic E-state index is 13.8. The summed E-state index contributed by atoms with van der Waals surface area (Å²) in [6.07, 6.45) is -1.23. The van der Waals surface area contributed by atoms with E-state index >= 15 is 0 Å². The molecule has 0 radical (unpaired) electrons. The SMILES string of the molecule is C=N/N=C(\OCC(F)F)c1ccc(CN(c2ccccc2)S(=O)N2CC(C)N(C(C)=O)C(C)C2)nc1. The zero-order valence-electron chi connectivity index (χ0n) is 20.5. The molecular weight excluding hydrogens is 490 g/mol. The van der Waals surface area contributed by atoms with Crippen molar-refractivity contribution in [2.45, 2.75) is 45.8 Å². The second kappa shape index (κ2) is 12.6. The number of hydrogen-bond donors (Lipinski definition) is 0. The Morgan fingerprint density at radius 1 is 1.22 bits per heavy atom. The highest BCUT2D eigenvalue weighted by Crippen LogP contribution is 2.24. The van der Waals surface area contributed by atoms with Crippen molar-refractivity contribution < 1.29 is 22.5 Å². The average molecular weight is 521 g/mol. The van der Waals surface area contributed by atoms with E-state index in [0.717, 1.165) is 5.69 Å². The van der Waals surface area contributed by atoms with Gasteiger partial charge in [-0.25, -0.2) is 17.3 Å². The highest BCUT2D eigenvalue weighted by Gasteiger charge is 2.35. The lowest BCUT2D eigenvalue weighted by Crippen LogP contribution is -2.59. The van der Waals surface area contributed by atoms with Crippen molar-refractivity contribution in [3.8, 4) is 0 Å². The fraction of sp³-hybridized carbons (Fsp3) is 0.417. The lowest BCUT2D eigenvalue weighted by Gasteiger charge is -2.44. The van der Waals surface area contributed by atoms with Crippen LogP contribution in [0, 0.1) is 0 Å². The summed E-state index contributed by atoms with van der Waals surface area (Å²) in [5.41, 5.74) is 1.70. The van der Waals surface area contributed by atoms with Crippen LogP contribution >= 0.6 is 0 Å². The van der Waals surface area contributed by atoms with Gasteiger partial charge in [0.1, 0.15) is 0 Å². The minimum Gasteiger partial charge on any atom is -0.470 e. The number of carbonyl (C=O) groups is 1. The van der Waals surface area contributed by atoms with Crippen LogP contribution < -0.4 is 4.31 Å². The number of para-hydroxylation sites is 1. The number of benzene rings is 1. The summed E-state index contributed by atoms with van der Waals surface area (Å²) in [7, 11) is 0. The monoisotopic (exact) mass is 520 g/mol. The standard InChI is InChI=1S/C24H30F2N6O3S/c1-17-13-30(14-18(2)32(17)19(3)33)36(34)31(22-8-6-5-7-9-22)15-21-11-10-20(12-28-21)24(29-27-4)35-16-23(25)26/h5-12,17-18,23H,4,13-16H2,1-3H3/b29-24-. The van der Waals surface area contributed by atoms with Crippen LogP contribution in [0.15, 0.2) is 58.9 Å². The number of carbonyl (C=O) groups excluding carboxylic acids is 1. The van der Waals surface area contributed by atoms with Gasteiger partial charge in [-0.1, -0.05) is 18.2 Å². The highest BCUT2D eigenvalue weighted by atomic mass is 32.2.